The summed E-state index contributed by atoms with van der Waals surface area (Å²) in [6.45, 7) is 10.4. The first-order valence-corrected chi connectivity index (χ1v) is 13.6. The Labute approximate surface area is 216 Å². The number of aromatic nitrogens is 3. The number of thioether (sulfide) groups is 1. The Bertz CT molecular complexity index is 1140. The van der Waals surface area contributed by atoms with Crippen LogP contribution in [-0.2, 0) is 4.79 Å². The van der Waals surface area contributed by atoms with Crippen molar-refractivity contribution in [3.05, 3.63) is 42.8 Å². The number of hydrogen-bond acceptors (Lipinski definition) is 6. The molecule has 0 aromatic carbocycles. The molecule has 2 aliphatic heterocycles. The number of amides is 1. The Kier molecular flexibility index (Phi) is 8.46. The highest BCUT2D eigenvalue weighted by atomic mass is 32.2. The molecule has 4 rings (SSSR count). The second-order valence-corrected chi connectivity index (χ2v) is 10.7. The predicted molar refractivity (Wildman–Crippen MR) is 144 cm³/mol. The van der Waals surface area contributed by atoms with Crippen LogP contribution < -0.4 is 5.73 Å². The Morgan fingerprint density at radius 2 is 2.06 bits per heavy atom. The first-order valence-electron chi connectivity index (χ1n) is 12.6. The van der Waals surface area contributed by atoms with Crippen LogP contribution in [0.3, 0.4) is 0 Å². The van der Waals surface area contributed by atoms with Crippen molar-refractivity contribution in [2.45, 2.75) is 56.4 Å². The zero-order chi connectivity index (χ0) is 25.7. The third-order valence-corrected chi connectivity index (χ3v) is 7.78. The number of carbonyl (C=O) groups is 1. The molecular formula is C26H36FN7OS. The fourth-order valence-corrected chi connectivity index (χ4v) is 5.76. The van der Waals surface area contributed by atoms with E-state index in [1.807, 2.05) is 12.1 Å². The number of likely N-dealkylation sites (tertiary alicyclic amines) is 2. The summed E-state index contributed by atoms with van der Waals surface area (Å²) < 4.78 is 18.0. The Morgan fingerprint density at radius 3 is 2.69 bits per heavy atom. The summed E-state index contributed by atoms with van der Waals surface area (Å²) in [5.41, 5.74) is 6.49. The van der Waals surface area contributed by atoms with Gasteiger partial charge in [-0.1, -0.05) is 31.3 Å². The first-order chi connectivity index (χ1) is 17.3. The van der Waals surface area contributed by atoms with Gasteiger partial charge in [-0.2, -0.15) is 0 Å². The van der Waals surface area contributed by atoms with E-state index in [9.17, 15) is 4.79 Å². The Hall–Kier alpha value is -2.72. The van der Waals surface area contributed by atoms with Crippen molar-refractivity contribution in [3.63, 3.8) is 0 Å². The molecule has 2 aliphatic rings. The van der Waals surface area contributed by atoms with Gasteiger partial charge < -0.3 is 15.2 Å². The van der Waals surface area contributed by atoms with Crippen LogP contribution in [0.15, 0.2) is 52.9 Å². The summed E-state index contributed by atoms with van der Waals surface area (Å²) >= 11 is 1.70. The van der Waals surface area contributed by atoms with E-state index in [0.29, 0.717) is 38.6 Å². The van der Waals surface area contributed by atoms with E-state index in [4.69, 9.17) is 10.7 Å². The molecule has 1 amide bonds. The summed E-state index contributed by atoms with van der Waals surface area (Å²) in [5.74, 6) is 1.04. The average Bonchev–Trinajstić information content (AvgIpc) is 3.25. The van der Waals surface area contributed by atoms with Crippen LogP contribution in [0.5, 0.6) is 0 Å². The van der Waals surface area contributed by atoms with Gasteiger partial charge in [0, 0.05) is 64.0 Å². The molecule has 10 heteroatoms. The largest absolute Gasteiger partial charge is 0.387 e. The number of nitrogens with two attached hydrogens (primary N) is 1. The van der Waals surface area contributed by atoms with Crippen LogP contribution in [0.25, 0.3) is 11.2 Å². The molecule has 4 heterocycles. The smallest absolute Gasteiger partial charge is 0.260 e. The number of halogens is 1. The minimum Gasteiger partial charge on any atom is -0.387 e. The van der Waals surface area contributed by atoms with Crippen LogP contribution in [0, 0.1) is 0 Å². The zero-order valence-electron chi connectivity index (χ0n) is 21.2. The van der Waals surface area contributed by atoms with Gasteiger partial charge in [0.2, 0.25) is 0 Å². The SMILES string of the molecule is C=C/C(=C\N=C(C)N)CN1CCC(F)(C(=O)N2CCC(n3c(SCC)nc4cccnc43)CC2)CC1. The van der Waals surface area contributed by atoms with Crippen molar-refractivity contribution >= 4 is 34.7 Å². The van der Waals surface area contributed by atoms with E-state index in [1.165, 1.54) is 0 Å². The van der Waals surface area contributed by atoms with Crippen molar-refractivity contribution in [3.8, 4) is 0 Å². The highest BCUT2D eigenvalue weighted by Gasteiger charge is 2.45. The fraction of sp³-hybridized carbons (Fsp3) is 0.538. The lowest BCUT2D eigenvalue weighted by molar-refractivity contribution is -0.148. The topological polar surface area (TPSA) is 92.6 Å². The van der Waals surface area contributed by atoms with Crippen molar-refractivity contribution in [1.29, 1.82) is 0 Å². The number of hydrogen-bond donors (Lipinski definition) is 1. The van der Waals surface area contributed by atoms with Gasteiger partial charge in [0.05, 0.1) is 5.84 Å². The third kappa shape index (κ3) is 5.81. The molecule has 36 heavy (non-hydrogen) atoms. The number of fused-ring (bicyclic) bond motifs is 1. The van der Waals surface area contributed by atoms with Crippen molar-refractivity contribution in [2.75, 3.05) is 38.5 Å². The van der Waals surface area contributed by atoms with Crippen LogP contribution in [-0.4, -0.2) is 80.2 Å². The van der Waals surface area contributed by atoms with Gasteiger partial charge in [0.25, 0.3) is 5.91 Å². The minimum atomic E-state index is -1.81. The van der Waals surface area contributed by atoms with Crippen LogP contribution in [0.2, 0.25) is 0 Å². The molecule has 0 atom stereocenters. The van der Waals surface area contributed by atoms with Gasteiger partial charge in [0.15, 0.2) is 16.5 Å². The number of nitrogens with zero attached hydrogens (tertiary/aromatic N) is 6. The number of carbonyl (C=O) groups excluding carboxylic acids is 1. The summed E-state index contributed by atoms with van der Waals surface area (Å²) in [6.07, 6.45) is 7.15. The number of rotatable bonds is 8. The van der Waals surface area contributed by atoms with E-state index in [-0.39, 0.29) is 24.8 Å². The van der Waals surface area contributed by atoms with E-state index in [2.05, 4.69) is 32.9 Å². The second-order valence-electron chi connectivity index (χ2n) is 9.49. The van der Waals surface area contributed by atoms with Crippen LogP contribution >= 0.6 is 11.8 Å². The number of pyridine rings is 1. The lowest BCUT2D eigenvalue weighted by Gasteiger charge is -2.40. The van der Waals surface area contributed by atoms with Crippen LogP contribution in [0.4, 0.5) is 4.39 Å². The predicted octanol–water partition coefficient (Wildman–Crippen LogP) is 3.96. The quantitative estimate of drug-likeness (QED) is 0.249. The first kappa shape index (κ1) is 26.3. The lowest BCUT2D eigenvalue weighted by Crippen LogP contribution is -2.54. The third-order valence-electron chi connectivity index (χ3n) is 6.94. The number of alkyl halides is 1. The highest BCUT2D eigenvalue weighted by molar-refractivity contribution is 7.99. The molecule has 0 spiro atoms. The fourth-order valence-electron chi connectivity index (χ4n) is 4.96. The van der Waals surface area contributed by atoms with Gasteiger partial charge in [-0.15, -0.1) is 0 Å². The minimum absolute atomic E-state index is 0.197. The van der Waals surface area contributed by atoms with Gasteiger partial charge in [-0.3, -0.25) is 9.69 Å². The Morgan fingerprint density at radius 1 is 1.33 bits per heavy atom. The number of aliphatic imine (C=N–C) groups is 1. The van der Waals surface area contributed by atoms with E-state index < -0.39 is 5.67 Å². The maximum atomic E-state index is 15.8. The number of amidine groups is 1. The number of piperidine rings is 2. The van der Waals surface area contributed by atoms with Crippen molar-refractivity contribution < 1.29 is 9.18 Å². The summed E-state index contributed by atoms with van der Waals surface area (Å²) in [5, 5.41) is 0.963. The van der Waals surface area contributed by atoms with E-state index in [0.717, 1.165) is 40.5 Å². The standard InChI is InChI=1S/C26H36FN7OS/c1-4-20(17-30-19(3)28)18-32-15-10-26(27,11-16-32)24(35)33-13-8-21(9-14-33)34-23-22(7-6-12-29-23)31-25(34)36-5-2/h4,6-7,12,17,21H,1,5,8-11,13-16,18H2,2-3H3,(H2,28,30)/b20-17+. The molecule has 0 aliphatic carbocycles. The van der Waals surface area contributed by atoms with Gasteiger partial charge in [-0.25, -0.2) is 19.4 Å². The lowest BCUT2D eigenvalue weighted by atomic mass is 9.90. The van der Waals surface area contributed by atoms with Gasteiger partial charge in [0.1, 0.15) is 5.52 Å². The molecule has 2 fully saturated rings. The monoisotopic (exact) mass is 513 g/mol. The van der Waals surface area contributed by atoms with Crippen LogP contribution in [0.1, 0.15) is 45.6 Å². The van der Waals surface area contributed by atoms with E-state index >= 15 is 4.39 Å². The second kappa shape index (κ2) is 11.6. The average molecular weight is 514 g/mol. The molecule has 2 aromatic rings. The molecule has 0 bridgehead atoms. The normalized spacial score (nSPS) is 20.1. The summed E-state index contributed by atoms with van der Waals surface area (Å²) in [4.78, 5) is 30.6. The molecule has 2 aromatic heterocycles. The number of imidazole rings is 1. The summed E-state index contributed by atoms with van der Waals surface area (Å²) in [7, 11) is 0. The van der Waals surface area contributed by atoms with Crippen molar-refractivity contribution in [2.24, 2.45) is 10.7 Å². The maximum Gasteiger partial charge on any atom is 0.260 e. The molecule has 0 saturated carbocycles. The molecule has 0 unspecified atom stereocenters. The maximum absolute atomic E-state index is 15.8. The Balaban J connectivity index is 1.36. The van der Waals surface area contributed by atoms with E-state index in [1.54, 1.807) is 42.1 Å². The molecule has 0 radical (unpaired) electrons. The summed E-state index contributed by atoms with van der Waals surface area (Å²) in [6, 6.07) is 4.08. The molecule has 194 valence electrons. The zero-order valence-corrected chi connectivity index (χ0v) is 22.0. The highest BCUT2D eigenvalue weighted by Crippen LogP contribution is 2.35. The molecule has 2 saturated heterocycles. The van der Waals surface area contributed by atoms with Crippen molar-refractivity contribution in [1.82, 2.24) is 24.3 Å². The van der Waals surface area contributed by atoms with Gasteiger partial charge in [-0.05, 0) is 43.2 Å². The molecule has 2 N–H and O–H groups in total. The van der Waals surface area contributed by atoms with Gasteiger partial charge >= 0.3 is 0 Å². The molecule has 8 nitrogen and oxygen atoms in total. The molecular weight excluding hydrogens is 477 g/mol.